The summed E-state index contributed by atoms with van der Waals surface area (Å²) in [6, 6.07) is 0.0902. The van der Waals surface area contributed by atoms with Crippen molar-refractivity contribution in [3.63, 3.8) is 0 Å². The van der Waals surface area contributed by atoms with Gasteiger partial charge in [-0.3, -0.25) is 0 Å². The molecule has 0 aromatic carbocycles. The third kappa shape index (κ3) is 2.92. The maximum atomic E-state index is 11.5. The molecule has 2 atom stereocenters. The largest absolute Gasteiger partial charge is 0.214 e. The molecule has 1 rings (SSSR count). The van der Waals surface area contributed by atoms with Crippen molar-refractivity contribution in [1.82, 2.24) is 4.72 Å². The minimum atomic E-state index is -3.09. The molecule has 0 aromatic heterocycles. The molecule has 0 radical (unpaired) electrons. The van der Waals surface area contributed by atoms with Gasteiger partial charge >= 0.3 is 0 Å². The van der Waals surface area contributed by atoms with Gasteiger partial charge in [0.05, 0.1) is 5.25 Å². The molecule has 78 valence electrons. The van der Waals surface area contributed by atoms with Crippen LogP contribution in [0.1, 0.15) is 33.1 Å². The highest BCUT2D eigenvalue weighted by Crippen LogP contribution is 2.26. The summed E-state index contributed by atoms with van der Waals surface area (Å²) >= 11 is 3.48. The smallest absolute Gasteiger partial charge is 0.212 e. The van der Waals surface area contributed by atoms with Crippen LogP contribution in [0.2, 0.25) is 0 Å². The Morgan fingerprint density at radius 1 is 1.38 bits per heavy atom. The lowest BCUT2D eigenvalue weighted by Crippen LogP contribution is -2.41. The summed E-state index contributed by atoms with van der Waals surface area (Å²) in [5, 5.41) is -0.340. The second-order valence-electron chi connectivity index (χ2n) is 3.77. The average Bonchev–Trinajstić information content (AvgIpc) is 2.35. The molecule has 0 aromatic rings. The lowest BCUT2D eigenvalue weighted by atomic mass is 10.3. The van der Waals surface area contributed by atoms with E-state index in [4.69, 9.17) is 0 Å². The van der Waals surface area contributed by atoms with Crippen LogP contribution < -0.4 is 4.72 Å². The summed E-state index contributed by atoms with van der Waals surface area (Å²) < 4.78 is 25.7. The van der Waals surface area contributed by atoms with E-state index in [0.29, 0.717) is 4.83 Å². The van der Waals surface area contributed by atoms with Crippen molar-refractivity contribution >= 4 is 26.0 Å². The normalized spacial score (nSPS) is 29.8. The zero-order valence-electron chi connectivity index (χ0n) is 7.96. The van der Waals surface area contributed by atoms with Crippen LogP contribution in [0.5, 0.6) is 0 Å². The van der Waals surface area contributed by atoms with Crippen LogP contribution in [-0.2, 0) is 10.0 Å². The maximum Gasteiger partial charge on any atom is 0.214 e. The monoisotopic (exact) mass is 269 g/mol. The van der Waals surface area contributed by atoms with Gasteiger partial charge in [-0.05, 0) is 26.7 Å². The topological polar surface area (TPSA) is 46.2 Å². The molecular weight excluding hydrogens is 254 g/mol. The Hall–Kier alpha value is 0.390. The lowest BCUT2D eigenvalue weighted by molar-refractivity contribution is 0.548. The van der Waals surface area contributed by atoms with Crippen molar-refractivity contribution in [2.75, 3.05) is 0 Å². The third-order valence-electron chi connectivity index (χ3n) is 2.37. The van der Waals surface area contributed by atoms with Gasteiger partial charge in [0.1, 0.15) is 0 Å². The van der Waals surface area contributed by atoms with Gasteiger partial charge in [0.15, 0.2) is 0 Å². The Kier molecular flexibility index (Phi) is 3.77. The Bertz CT molecular complexity index is 263. The first kappa shape index (κ1) is 11.5. The fraction of sp³-hybridized carbons (Fsp3) is 1.00. The van der Waals surface area contributed by atoms with Gasteiger partial charge in [-0.2, -0.15) is 0 Å². The number of hydrogen-bond donors (Lipinski definition) is 1. The molecule has 0 amide bonds. The van der Waals surface area contributed by atoms with E-state index >= 15 is 0 Å². The van der Waals surface area contributed by atoms with Crippen molar-refractivity contribution in [1.29, 1.82) is 0 Å². The van der Waals surface area contributed by atoms with Crippen molar-refractivity contribution < 1.29 is 8.42 Å². The minimum absolute atomic E-state index is 0.0902. The fourth-order valence-electron chi connectivity index (χ4n) is 1.39. The molecule has 3 nitrogen and oxygen atoms in total. The molecule has 1 aliphatic rings. The van der Waals surface area contributed by atoms with E-state index < -0.39 is 10.0 Å². The molecule has 0 bridgehead atoms. The highest BCUT2D eigenvalue weighted by Gasteiger charge is 2.29. The third-order valence-corrected chi connectivity index (χ3v) is 5.34. The number of alkyl halides is 1. The molecule has 1 fully saturated rings. The van der Waals surface area contributed by atoms with E-state index in [1.54, 1.807) is 13.8 Å². The maximum absolute atomic E-state index is 11.5. The number of rotatable bonds is 3. The quantitative estimate of drug-likeness (QED) is 0.792. The first-order valence-electron chi connectivity index (χ1n) is 4.58. The molecule has 13 heavy (non-hydrogen) atoms. The Morgan fingerprint density at radius 3 is 2.38 bits per heavy atom. The van der Waals surface area contributed by atoms with Crippen LogP contribution in [0.3, 0.4) is 0 Å². The van der Waals surface area contributed by atoms with Crippen LogP contribution in [0.15, 0.2) is 0 Å². The van der Waals surface area contributed by atoms with Gasteiger partial charge in [-0.25, -0.2) is 13.1 Å². The van der Waals surface area contributed by atoms with Crippen LogP contribution in [0.4, 0.5) is 0 Å². The van der Waals surface area contributed by atoms with Crippen molar-refractivity contribution in [2.24, 2.45) is 0 Å². The standard InChI is InChI=1S/C8H16BrNO2S/c1-6(2)13(11,12)10-8-5-3-4-7(8)9/h6-8,10H,3-5H2,1-2H3. The van der Waals surface area contributed by atoms with Gasteiger partial charge < -0.3 is 0 Å². The molecule has 5 heteroatoms. The first-order chi connectivity index (χ1) is 5.93. The van der Waals surface area contributed by atoms with Crippen molar-refractivity contribution in [3.05, 3.63) is 0 Å². The highest BCUT2D eigenvalue weighted by molar-refractivity contribution is 9.09. The lowest BCUT2D eigenvalue weighted by Gasteiger charge is -2.17. The molecule has 1 aliphatic carbocycles. The molecule has 0 saturated heterocycles. The van der Waals surface area contributed by atoms with Gasteiger partial charge in [0.25, 0.3) is 0 Å². The van der Waals surface area contributed by atoms with E-state index in [9.17, 15) is 8.42 Å². The second kappa shape index (κ2) is 4.28. The van der Waals surface area contributed by atoms with Crippen LogP contribution in [0, 0.1) is 0 Å². The van der Waals surface area contributed by atoms with Crippen LogP contribution in [0.25, 0.3) is 0 Å². The highest BCUT2D eigenvalue weighted by atomic mass is 79.9. The number of hydrogen-bond acceptors (Lipinski definition) is 2. The van der Waals surface area contributed by atoms with Crippen molar-refractivity contribution in [3.8, 4) is 0 Å². The van der Waals surface area contributed by atoms with E-state index in [0.717, 1.165) is 19.3 Å². The summed E-state index contributed by atoms with van der Waals surface area (Å²) in [6.07, 6.45) is 3.11. The SMILES string of the molecule is CC(C)S(=O)(=O)NC1CCCC1Br. The molecule has 1 saturated carbocycles. The number of sulfonamides is 1. The zero-order chi connectivity index (χ0) is 10.1. The summed E-state index contributed by atoms with van der Waals surface area (Å²) in [6.45, 7) is 3.39. The fourth-order valence-corrected chi connectivity index (χ4v) is 3.27. The van der Waals surface area contributed by atoms with E-state index in [-0.39, 0.29) is 11.3 Å². The summed E-state index contributed by atoms with van der Waals surface area (Å²) in [7, 11) is -3.09. The minimum Gasteiger partial charge on any atom is -0.212 e. The predicted molar refractivity (Wildman–Crippen MR) is 57.5 cm³/mol. The molecule has 0 spiro atoms. The second-order valence-corrected chi connectivity index (χ2v) is 7.21. The van der Waals surface area contributed by atoms with Crippen molar-refractivity contribution in [2.45, 2.75) is 49.2 Å². The summed E-state index contributed by atoms with van der Waals surface area (Å²) in [5.41, 5.74) is 0. The van der Waals surface area contributed by atoms with Gasteiger partial charge in [-0.15, -0.1) is 0 Å². The van der Waals surface area contributed by atoms with E-state index in [2.05, 4.69) is 20.7 Å². The van der Waals surface area contributed by atoms with Crippen LogP contribution >= 0.6 is 15.9 Å². The Morgan fingerprint density at radius 2 is 2.00 bits per heavy atom. The van der Waals surface area contributed by atoms with Gasteiger partial charge in [0.2, 0.25) is 10.0 Å². The Balaban J connectivity index is 2.58. The van der Waals surface area contributed by atoms with Crippen LogP contribution in [-0.4, -0.2) is 24.5 Å². The average molecular weight is 270 g/mol. The van der Waals surface area contributed by atoms with Gasteiger partial charge in [-0.1, -0.05) is 22.4 Å². The molecule has 2 unspecified atom stereocenters. The summed E-state index contributed by atoms with van der Waals surface area (Å²) in [4.78, 5) is 0.307. The zero-order valence-corrected chi connectivity index (χ0v) is 10.4. The number of halogens is 1. The first-order valence-corrected chi connectivity index (χ1v) is 7.05. The number of nitrogens with one attached hydrogen (secondary N) is 1. The van der Waals surface area contributed by atoms with Gasteiger partial charge in [0, 0.05) is 10.9 Å². The molecule has 0 heterocycles. The van der Waals surface area contributed by atoms with E-state index in [1.807, 2.05) is 0 Å². The molecule has 0 aliphatic heterocycles. The van der Waals surface area contributed by atoms with E-state index in [1.165, 1.54) is 0 Å². The molecule has 1 N–H and O–H groups in total. The predicted octanol–water partition coefficient (Wildman–Crippen LogP) is 1.63. The summed E-state index contributed by atoms with van der Waals surface area (Å²) in [5.74, 6) is 0. The molecular formula is C8H16BrNO2S. The Labute approximate surface area is 88.5 Å².